The predicted octanol–water partition coefficient (Wildman–Crippen LogP) is 3.40. The van der Waals surface area contributed by atoms with E-state index < -0.39 is 11.7 Å². The Labute approximate surface area is 110 Å². The zero-order valence-electron chi connectivity index (χ0n) is 10.7. The van der Waals surface area contributed by atoms with Crippen molar-refractivity contribution in [1.29, 1.82) is 0 Å². The van der Waals surface area contributed by atoms with Crippen molar-refractivity contribution in [2.24, 2.45) is 0 Å². The molecule has 0 radical (unpaired) electrons. The van der Waals surface area contributed by atoms with Crippen LogP contribution in [0.3, 0.4) is 0 Å². The summed E-state index contributed by atoms with van der Waals surface area (Å²) in [5.74, 6) is -0.985. The molecule has 0 saturated carbocycles. The first-order chi connectivity index (χ1) is 8.97. The number of benzene rings is 2. The molecule has 0 heterocycles. The topological polar surface area (TPSA) is 49.3 Å². The summed E-state index contributed by atoms with van der Waals surface area (Å²) in [6.07, 6.45) is 0. The molecule has 4 heteroatoms. The molecule has 19 heavy (non-hydrogen) atoms. The van der Waals surface area contributed by atoms with Crippen LogP contribution >= 0.6 is 0 Å². The molecule has 1 amide bonds. The number of hydrogen-bond acceptors (Lipinski definition) is 2. The van der Waals surface area contributed by atoms with Crippen LogP contribution in [0.1, 0.15) is 21.5 Å². The molecule has 0 fully saturated rings. The van der Waals surface area contributed by atoms with Gasteiger partial charge in [0.05, 0.1) is 5.56 Å². The summed E-state index contributed by atoms with van der Waals surface area (Å²) in [6.45, 7) is 3.59. The van der Waals surface area contributed by atoms with Gasteiger partial charge in [-0.3, -0.25) is 4.79 Å². The number of aryl methyl sites for hydroxylation is 2. The fraction of sp³-hybridized carbons (Fsp3) is 0.133. The minimum Gasteiger partial charge on any atom is -0.507 e. The molecule has 0 spiro atoms. The molecule has 0 saturated heterocycles. The van der Waals surface area contributed by atoms with Crippen LogP contribution in [0.5, 0.6) is 5.75 Å². The van der Waals surface area contributed by atoms with E-state index in [9.17, 15) is 14.3 Å². The lowest BCUT2D eigenvalue weighted by Crippen LogP contribution is -2.13. The van der Waals surface area contributed by atoms with Gasteiger partial charge in [0.25, 0.3) is 5.91 Å². The second-order valence-electron chi connectivity index (χ2n) is 4.43. The van der Waals surface area contributed by atoms with E-state index >= 15 is 0 Å². The summed E-state index contributed by atoms with van der Waals surface area (Å²) in [5, 5.41) is 12.3. The summed E-state index contributed by atoms with van der Waals surface area (Å²) in [7, 11) is 0. The Balaban J connectivity index is 2.30. The number of rotatable bonds is 2. The van der Waals surface area contributed by atoms with Gasteiger partial charge in [-0.1, -0.05) is 17.7 Å². The fourth-order valence-electron chi connectivity index (χ4n) is 1.75. The number of hydrogen-bond donors (Lipinski definition) is 2. The quantitative estimate of drug-likeness (QED) is 0.868. The second-order valence-corrected chi connectivity index (χ2v) is 4.43. The second kappa shape index (κ2) is 5.10. The summed E-state index contributed by atoms with van der Waals surface area (Å²) < 4.78 is 13.1. The highest BCUT2D eigenvalue weighted by Gasteiger charge is 2.12. The fourth-order valence-corrected chi connectivity index (χ4v) is 1.75. The zero-order chi connectivity index (χ0) is 14.0. The van der Waals surface area contributed by atoms with Crippen LogP contribution in [0.15, 0.2) is 36.4 Å². The van der Waals surface area contributed by atoms with Crippen LogP contribution < -0.4 is 5.32 Å². The third-order valence-electron chi connectivity index (χ3n) is 2.84. The number of phenolic OH excluding ortho intramolecular Hbond substituents is 1. The first-order valence-electron chi connectivity index (χ1n) is 5.84. The number of phenols is 1. The van der Waals surface area contributed by atoms with Gasteiger partial charge in [-0.2, -0.15) is 0 Å². The van der Waals surface area contributed by atoms with E-state index in [1.165, 1.54) is 18.2 Å². The predicted molar refractivity (Wildman–Crippen MR) is 71.9 cm³/mol. The normalized spacial score (nSPS) is 10.3. The Morgan fingerprint density at radius 3 is 2.63 bits per heavy atom. The van der Waals surface area contributed by atoms with E-state index in [4.69, 9.17) is 0 Å². The van der Waals surface area contributed by atoms with Crippen molar-refractivity contribution in [2.45, 2.75) is 13.8 Å². The van der Waals surface area contributed by atoms with Gasteiger partial charge in [0, 0.05) is 5.69 Å². The monoisotopic (exact) mass is 259 g/mol. The van der Waals surface area contributed by atoms with Crippen molar-refractivity contribution >= 4 is 11.6 Å². The van der Waals surface area contributed by atoms with Crippen LogP contribution in [0.4, 0.5) is 10.1 Å². The molecule has 98 valence electrons. The van der Waals surface area contributed by atoms with Crippen molar-refractivity contribution in [2.75, 3.05) is 5.32 Å². The summed E-state index contributed by atoms with van der Waals surface area (Å²) in [4.78, 5) is 12.1. The average Bonchev–Trinajstić information content (AvgIpc) is 2.36. The van der Waals surface area contributed by atoms with Gasteiger partial charge in [0.1, 0.15) is 11.6 Å². The van der Waals surface area contributed by atoms with Crippen LogP contribution in [-0.2, 0) is 0 Å². The lowest BCUT2D eigenvalue weighted by atomic mass is 10.1. The number of carbonyl (C=O) groups excluding carboxylic acids is 1. The number of anilines is 1. The van der Waals surface area contributed by atoms with Gasteiger partial charge in [-0.15, -0.1) is 0 Å². The molecular weight excluding hydrogens is 245 g/mol. The van der Waals surface area contributed by atoms with E-state index in [2.05, 4.69) is 5.32 Å². The van der Waals surface area contributed by atoms with Gasteiger partial charge < -0.3 is 10.4 Å². The molecular formula is C15H14FNO2. The van der Waals surface area contributed by atoms with E-state index in [0.29, 0.717) is 5.69 Å². The van der Waals surface area contributed by atoms with Crippen molar-refractivity contribution in [3.63, 3.8) is 0 Å². The molecule has 0 bridgehead atoms. The Hall–Kier alpha value is -2.36. The van der Waals surface area contributed by atoms with E-state index in [1.54, 1.807) is 25.1 Å². The Bertz CT molecular complexity index is 638. The van der Waals surface area contributed by atoms with Crippen LogP contribution in [0.25, 0.3) is 0 Å². The molecule has 2 N–H and O–H groups in total. The number of aromatic hydroxyl groups is 1. The molecule has 0 unspecified atom stereocenters. The zero-order valence-corrected chi connectivity index (χ0v) is 10.7. The van der Waals surface area contributed by atoms with E-state index in [1.807, 2.05) is 6.92 Å². The molecule has 2 aromatic rings. The van der Waals surface area contributed by atoms with Crippen LogP contribution in [0.2, 0.25) is 0 Å². The Morgan fingerprint density at radius 2 is 1.89 bits per heavy atom. The maximum atomic E-state index is 13.1. The van der Waals surface area contributed by atoms with Crippen LogP contribution in [-0.4, -0.2) is 11.0 Å². The SMILES string of the molecule is Cc1ccc(O)c(C(=O)Nc2cc(F)ccc2C)c1. The standard InChI is InChI=1S/C15H14FNO2/c1-9-3-6-14(18)12(7-9)15(19)17-13-8-11(16)5-4-10(13)2/h3-8,18H,1-2H3,(H,17,19). The van der Waals surface area contributed by atoms with Gasteiger partial charge in [0.2, 0.25) is 0 Å². The summed E-state index contributed by atoms with van der Waals surface area (Å²) in [6, 6.07) is 8.91. The third kappa shape index (κ3) is 2.91. The highest BCUT2D eigenvalue weighted by Crippen LogP contribution is 2.21. The molecule has 3 nitrogen and oxygen atoms in total. The molecule has 0 aromatic heterocycles. The number of halogens is 1. The van der Waals surface area contributed by atoms with Crippen molar-refractivity contribution < 1.29 is 14.3 Å². The van der Waals surface area contributed by atoms with Crippen molar-refractivity contribution in [3.8, 4) is 5.75 Å². The molecule has 0 aliphatic rings. The smallest absolute Gasteiger partial charge is 0.259 e. The highest BCUT2D eigenvalue weighted by atomic mass is 19.1. The number of carbonyl (C=O) groups is 1. The third-order valence-corrected chi connectivity index (χ3v) is 2.84. The summed E-state index contributed by atoms with van der Waals surface area (Å²) in [5.41, 5.74) is 2.18. The van der Waals surface area contributed by atoms with Gasteiger partial charge >= 0.3 is 0 Å². The molecule has 0 atom stereocenters. The van der Waals surface area contributed by atoms with Gasteiger partial charge in [-0.05, 0) is 43.7 Å². The molecule has 0 aliphatic heterocycles. The first kappa shape index (κ1) is 13.1. The lowest BCUT2D eigenvalue weighted by Gasteiger charge is -2.10. The first-order valence-corrected chi connectivity index (χ1v) is 5.84. The minimum absolute atomic E-state index is 0.0999. The molecule has 0 aliphatic carbocycles. The maximum absolute atomic E-state index is 13.1. The summed E-state index contributed by atoms with van der Waals surface area (Å²) >= 11 is 0. The molecule has 2 aromatic carbocycles. The minimum atomic E-state index is -0.463. The average molecular weight is 259 g/mol. The van der Waals surface area contributed by atoms with E-state index in [-0.39, 0.29) is 11.3 Å². The van der Waals surface area contributed by atoms with Crippen molar-refractivity contribution in [3.05, 3.63) is 58.9 Å². The van der Waals surface area contributed by atoms with Crippen molar-refractivity contribution in [1.82, 2.24) is 0 Å². The number of nitrogens with one attached hydrogen (secondary N) is 1. The largest absolute Gasteiger partial charge is 0.507 e. The highest BCUT2D eigenvalue weighted by molar-refractivity contribution is 6.06. The van der Waals surface area contributed by atoms with Gasteiger partial charge in [-0.25, -0.2) is 4.39 Å². The Morgan fingerprint density at radius 1 is 1.16 bits per heavy atom. The van der Waals surface area contributed by atoms with Crippen LogP contribution in [0, 0.1) is 19.7 Å². The van der Waals surface area contributed by atoms with Gasteiger partial charge in [0.15, 0.2) is 0 Å². The Kier molecular flexibility index (Phi) is 3.51. The van der Waals surface area contributed by atoms with E-state index in [0.717, 1.165) is 11.1 Å². The maximum Gasteiger partial charge on any atom is 0.259 e. The lowest BCUT2D eigenvalue weighted by molar-refractivity contribution is 0.102. The molecule has 2 rings (SSSR count). The number of amides is 1.